The van der Waals surface area contributed by atoms with Gasteiger partial charge in [0.05, 0.1) is 7.11 Å². The minimum Gasteiger partial charge on any atom is -0.507 e. The van der Waals surface area contributed by atoms with E-state index in [-0.39, 0.29) is 28.0 Å². The molecule has 0 aliphatic heterocycles. The minimum atomic E-state index is -0.682. The number of phenols is 1. The van der Waals surface area contributed by atoms with Crippen molar-refractivity contribution in [3.63, 3.8) is 0 Å². The smallest absolute Gasteiger partial charge is 0.347 e. The van der Waals surface area contributed by atoms with E-state index in [1.807, 2.05) is 0 Å². The average molecular weight is 284 g/mol. The molecule has 0 aliphatic rings. The number of hydrogen-bond donors (Lipinski definition) is 2. The zero-order chi connectivity index (χ0) is 15.0. The Morgan fingerprint density at radius 2 is 1.86 bits per heavy atom. The fraction of sp³-hybridized carbons (Fsp3) is 0.0625. The van der Waals surface area contributed by atoms with Crippen LogP contribution in [-0.2, 0) is 0 Å². The summed E-state index contributed by atoms with van der Waals surface area (Å²) in [7, 11) is 1.51. The van der Waals surface area contributed by atoms with Crippen LogP contribution in [0, 0.1) is 0 Å². The molecule has 0 aliphatic carbocycles. The molecule has 0 saturated heterocycles. The molecule has 21 heavy (non-hydrogen) atoms. The molecule has 106 valence electrons. The zero-order valence-corrected chi connectivity index (χ0v) is 11.2. The number of ether oxygens (including phenoxy) is 1. The van der Waals surface area contributed by atoms with Crippen molar-refractivity contribution >= 4 is 11.0 Å². The lowest BCUT2D eigenvalue weighted by molar-refractivity contribution is 0.415. The van der Waals surface area contributed by atoms with E-state index < -0.39 is 5.63 Å². The molecule has 5 heteroatoms. The number of benzene rings is 2. The first kappa shape index (κ1) is 13.1. The molecular formula is C16H12O5. The van der Waals surface area contributed by atoms with Crippen LogP contribution in [0.2, 0.25) is 0 Å². The fourth-order valence-corrected chi connectivity index (χ4v) is 2.25. The van der Waals surface area contributed by atoms with Crippen molar-refractivity contribution in [2.45, 2.75) is 0 Å². The van der Waals surface area contributed by atoms with Crippen molar-refractivity contribution in [3.05, 3.63) is 52.9 Å². The second-order valence-electron chi connectivity index (χ2n) is 4.50. The predicted molar refractivity (Wildman–Crippen MR) is 77.8 cm³/mol. The SMILES string of the molecule is COc1cccc(-c2c(O)c3c(O)cccc3oc2=O)c1. The van der Waals surface area contributed by atoms with E-state index in [9.17, 15) is 15.0 Å². The fourth-order valence-electron chi connectivity index (χ4n) is 2.25. The van der Waals surface area contributed by atoms with Gasteiger partial charge in [0.1, 0.15) is 33.8 Å². The highest BCUT2D eigenvalue weighted by molar-refractivity contribution is 5.94. The van der Waals surface area contributed by atoms with Crippen LogP contribution in [0.25, 0.3) is 22.1 Å². The Hall–Kier alpha value is -2.95. The van der Waals surface area contributed by atoms with Crippen molar-refractivity contribution in [3.8, 4) is 28.4 Å². The zero-order valence-electron chi connectivity index (χ0n) is 11.2. The van der Waals surface area contributed by atoms with E-state index in [4.69, 9.17) is 9.15 Å². The summed E-state index contributed by atoms with van der Waals surface area (Å²) >= 11 is 0. The van der Waals surface area contributed by atoms with E-state index in [0.29, 0.717) is 11.3 Å². The van der Waals surface area contributed by atoms with Crippen molar-refractivity contribution in [1.29, 1.82) is 0 Å². The highest BCUT2D eigenvalue weighted by atomic mass is 16.5. The Morgan fingerprint density at radius 1 is 1.10 bits per heavy atom. The molecule has 0 unspecified atom stereocenters. The quantitative estimate of drug-likeness (QED) is 0.707. The minimum absolute atomic E-state index is 0.0112. The number of rotatable bonds is 2. The van der Waals surface area contributed by atoms with E-state index in [2.05, 4.69) is 0 Å². The molecule has 0 bridgehead atoms. The molecule has 0 spiro atoms. The summed E-state index contributed by atoms with van der Waals surface area (Å²) in [6, 6.07) is 11.1. The van der Waals surface area contributed by atoms with Gasteiger partial charge in [-0.25, -0.2) is 4.79 Å². The monoisotopic (exact) mass is 284 g/mol. The molecule has 3 aromatic rings. The second-order valence-corrected chi connectivity index (χ2v) is 4.50. The van der Waals surface area contributed by atoms with Crippen LogP contribution in [-0.4, -0.2) is 17.3 Å². The first-order chi connectivity index (χ1) is 10.1. The third kappa shape index (κ3) is 2.08. The van der Waals surface area contributed by atoms with Gasteiger partial charge in [-0.15, -0.1) is 0 Å². The Labute approximate surface area is 119 Å². The maximum absolute atomic E-state index is 12.1. The summed E-state index contributed by atoms with van der Waals surface area (Å²) in [5.41, 5.74) is -0.114. The van der Waals surface area contributed by atoms with Gasteiger partial charge in [-0.3, -0.25) is 0 Å². The van der Waals surface area contributed by atoms with Gasteiger partial charge < -0.3 is 19.4 Å². The summed E-state index contributed by atoms with van der Waals surface area (Å²) in [5.74, 6) is 0.0779. The Balaban J connectivity index is 2.37. The number of fused-ring (bicyclic) bond motifs is 1. The molecule has 0 fully saturated rings. The first-order valence-electron chi connectivity index (χ1n) is 6.24. The molecule has 1 aromatic heterocycles. The number of phenolic OH excluding ortho intramolecular Hbond substituents is 1. The first-order valence-corrected chi connectivity index (χ1v) is 6.24. The standard InChI is InChI=1S/C16H12O5/c1-20-10-5-2-4-9(8-10)13-15(18)14-11(17)6-3-7-12(14)21-16(13)19/h2-8,17-18H,1H3. The summed E-state index contributed by atoms with van der Waals surface area (Å²) in [6.07, 6.45) is 0. The molecular weight excluding hydrogens is 272 g/mol. The van der Waals surface area contributed by atoms with E-state index >= 15 is 0 Å². The van der Waals surface area contributed by atoms with Gasteiger partial charge in [0.25, 0.3) is 0 Å². The third-order valence-corrected chi connectivity index (χ3v) is 3.24. The van der Waals surface area contributed by atoms with Crippen LogP contribution in [0.15, 0.2) is 51.7 Å². The molecule has 0 atom stereocenters. The molecule has 5 nitrogen and oxygen atoms in total. The van der Waals surface area contributed by atoms with Crippen LogP contribution in [0.1, 0.15) is 0 Å². The lowest BCUT2D eigenvalue weighted by Crippen LogP contribution is -2.03. The van der Waals surface area contributed by atoms with E-state index in [1.54, 1.807) is 24.3 Å². The van der Waals surface area contributed by atoms with Gasteiger partial charge in [-0.1, -0.05) is 18.2 Å². The Bertz CT molecular complexity index is 879. The van der Waals surface area contributed by atoms with Gasteiger partial charge in [-0.05, 0) is 29.8 Å². The van der Waals surface area contributed by atoms with Crippen LogP contribution in [0.5, 0.6) is 17.2 Å². The van der Waals surface area contributed by atoms with Crippen LogP contribution in [0.4, 0.5) is 0 Å². The largest absolute Gasteiger partial charge is 0.507 e. The van der Waals surface area contributed by atoms with Gasteiger partial charge in [-0.2, -0.15) is 0 Å². The van der Waals surface area contributed by atoms with Crippen LogP contribution < -0.4 is 10.4 Å². The van der Waals surface area contributed by atoms with E-state index in [0.717, 1.165) is 0 Å². The molecule has 1 heterocycles. The summed E-state index contributed by atoms with van der Waals surface area (Å²) in [6.45, 7) is 0. The molecule has 3 rings (SSSR count). The normalized spacial score (nSPS) is 10.7. The molecule has 0 saturated carbocycles. The highest BCUT2D eigenvalue weighted by Crippen LogP contribution is 2.38. The predicted octanol–water partition coefficient (Wildman–Crippen LogP) is 2.88. The van der Waals surface area contributed by atoms with Crippen LogP contribution >= 0.6 is 0 Å². The van der Waals surface area contributed by atoms with Crippen molar-refractivity contribution in [1.82, 2.24) is 0 Å². The average Bonchev–Trinajstić information content (AvgIpc) is 2.47. The highest BCUT2D eigenvalue weighted by Gasteiger charge is 2.18. The lowest BCUT2D eigenvalue weighted by Gasteiger charge is -2.08. The Morgan fingerprint density at radius 3 is 2.62 bits per heavy atom. The van der Waals surface area contributed by atoms with Gasteiger partial charge in [0.2, 0.25) is 0 Å². The molecule has 2 aromatic carbocycles. The number of aromatic hydroxyl groups is 2. The van der Waals surface area contributed by atoms with Crippen molar-refractivity contribution in [2.24, 2.45) is 0 Å². The van der Waals surface area contributed by atoms with Crippen molar-refractivity contribution < 1.29 is 19.4 Å². The topological polar surface area (TPSA) is 79.9 Å². The van der Waals surface area contributed by atoms with Crippen LogP contribution in [0.3, 0.4) is 0 Å². The molecule has 0 radical (unpaired) electrons. The Kier molecular flexibility index (Phi) is 3.02. The number of hydrogen-bond acceptors (Lipinski definition) is 5. The third-order valence-electron chi connectivity index (χ3n) is 3.24. The number of methoxy groups -OCH3 is 1. The van der Waals surface area contributed by atoms with Crippen molar-refractivity contribution in [2.75, 3.05) is 7.11 Å². The maximum atomic E-state index is 12.1. The summed E-state index contributed by atoms with van der Waals surface area (Å²) in [5, 5.41) is 20.3. The molecule has 0 amide bonds. The van der Waals surface area contributed by atoms with E-state index in [1.165, 1.54) is 25.3 Å². The summed E-state index contributed by atoms with van der Waals surface area (Å²) < 4.78 is 10.3. The maximum Gasteiger partial charge on any atom is 0.347 e. The van der Waals surface area contributed by atoms with Gasteiger partial charge >= 0.3 is 5.63 Å². The second kappa shape index (κ2) is 4.86. The summed E-state index contributed by atoms with van der Waals surface area (Å²) in [4.78, 5) is 12.1. The lowest BCUT2D eigenvalue weighted by atomic mass is 10.0. The van der Waals surface area contributed by atoms with Gasteiger partial charge in [0, 0.05) is 0 Å². The van der Waals surface area contributed by atoms with Gasteiger partial charge in [0.15, 0.2) is 0 Å². The molecule has 2 N–H and O–H groups in total.